The van der Waals surface area contributed by atoms with Gasteiger partial charge in [0.15, 0.2) is 0 Å². The smallest absolute Gasteiger partial charge is 0.263 e. The molecule has 2 aliphatic heterocycles. The third-order valence-corrected chi connectivity index (χ3v) is 13.5. The number of aliphatic hydroxyl groups excluding tert-OH is 1. The molecule has 2 N–H and O–H groups in total. The van der Waals surface area contributed by atoms with Crippen molar-refractivity contribution in [2.45, 2.75) is 103 Å². The highest BCUT2D eigenvalue weighted by Crippen LogP contribution is 2.45. The Morgan fingerprint density at radius 2 is 1.86 bits per heavy atom. The maximum absolute atomic E-state index is 13.5. The first kappa shape index (κ1) is 41.6. The normalized spacial score (nSPS) is 28.2. The number of carbonyl (C=O) groups excluding carboxylic acids is 1. The van der Waals surface area contributed by atoms with E-state index in [2.05, 4.69) is 35.6 Å². The fraction of sp³-hybridized carbons (Fsp3) is 0.683. The van der Waals surface area contributed by atoms with Crippen molar-refractivity contribution in [2.24, 2.45) is 23.7 Å². The van der Waals surface area contributed by atoms with Gasteiger partial charge in [0.05, 0.1) is 36.3 Å². The summed E-state index contributed by atoms with van der Waals surface area (Å²) in [6.45, 7) is 15.7. The summed E-state index contributed by atoms with van der Waals surface area (Å²) in [6, 6.07) is 11.9. The Bertz CT molecular complexity index is 1460. The van der Waals surface area contributed by atoms with Crippen LogP contribution < -0.4 is 14.4 Å². The van der Waals surface area contributed by atoms with Crippen LogP contribution in [-0.4, -0.2) is 84.5 Å². The summed E-state index contributed by atoms with van der Waals surface area (Å²) in [6.07, 6.45) is 7.29. The standard InChI is InChI=1S/C39H58ClN3O5S.C2H6/c1-7-9-28-18-33(40)14-16-34(28)32-21-43-20-30-12-15-35(30)31(22-47-25-39(4,24-44)42(5)6)11-8-10-26(2)27(3)49(46)41-38(45)29-13-17-37(48-23-32)36(43)19-29;1-2/h13-14,16-19,26-27,30-32,35,44H,7-12,15,20-25H2,1-6H3,(H,41,45);1-2H3/t26?,27?,30?,31?,32?,35?,39-,49?;/m0./s1. The van der Waals surface area contributed by atoms with Crippen molar-refractivity contribution in [3.8, 4) is 5.75 Å². The first-order chi connectivity index (χ1) is 24.4. The molecule has 3 aliphatic rings. The molecule has 8 nitrogen and oxygen atoms in total. The summed E-state index contributed by atoms with van der Waals surface area (Å²) in [5.41, 5.74) is 3.52. The van der Waals surface area contributed by atoms with Gasteiger partial charge in [-0.25, -0.2) is 4.21 Å². The number of likely N-dealkylation sites (N-methyl/N-ethyl adjacent to an activating group) is 1. The lowest BCUT2D eigenvalue weighted by molar-refractivity contribution is -0.0387. The van der Waals surface area contributed by atoms with Crippen LogP contribution in [0.5, 0.6) is 5.75 Å². The van der Waals surface area contributed by atoms with Gasteiger partial charge < -0.3 is 19.5 Å². The minimum atomic E-state index is -1.51. The lowest BCUT2D eigenvalue weighted by atomic mass is 9.65. The molecule has 0 spiro atoms. The molecule has 1 fully saturated rings. The molecule has 0 aromatic heterocycles. The third kappa shape index (κ3) is 10.3. The number of anilines is 1. The molecule has 286 valence electrons. The van der Waals surface area contributed by atoms with Gasteiger partial charge in [-0.05, 0) is 125 Å². The van der Waals surface area contributed by atoms with E-state index in [0.29, 0.717) is 43.1 Å². The van der Waals surface area contributed by atoms with Crippen molar-refractivity contribution >= 4 is 34.2 Å². The van der Waals surface area contributed by atoms with E-state index in [0.717, 1.165) is 68.1 Å². The number of amides is 1. The van der Waals surface area contributed by atoms with Gasteiger partial charge in [-0.3, -0.25) is 14.4 Å². The maximum Gasteiger partial charge on any atom is 0.263 e. The first-order valence-electron chi connectivity index (χ1n) is 19.3. The van der Waals surface area contributed by atoms with Gasteiger partial charge in [0.1, 0.15) is 16.7 Å². The molecule has 1 saturated carbocycles. The van der Waals surface area contributed by atoms with E-state index in [1.807, 2.05) is 64.9 Å². The van der Waals surface area contributed by atoms with Crippen molar-refractivity contribution in [3.05, 3.63) is 58.1 Å². The number of nitrogens with one attached hydrogen (secondary N) is 1. The number of hydrogen-bond donors (Lipinski definition) is 2. The summed E-state index contributed by atoms with van der Waals surface area (Å²) in [4.78, 5) is 18.0. The largest absolute Gasteiger partial charge is 0.491 e. The summed E-state index contributed by atoms with van der Waals surface area (Å²) >= 11 is 6.47. The predicted octanol–water partition coefficient (Wildman–Crippen LogP) is 7.87. The lowest BCUT2D eigenvalue weighted by Crippen LogP contribution is -2.49. The number of hydrogen-bond acceptors (Lipinski definition) is 7. The molecule has 5 rings (SSSR count). The van der Waals surface area contributed by atoms with E-state index in [9.17, 15) is 14.1 Å². The Labute approximate surface area is 315 Å². The molecule has 2 aromatic carbocycles. The number of carbonyl (C=O) groups is 1. The molecule has 1 amide bonds. The van der Waals surface area contributed by atoms with Gasteiger partial charge in [-0.2, -0.15) is 0 Å². The van der Waals surface area contributed by atoms with E-state index in [-0.39, 0.29) is 29.6 Å². The zero-order chi connectivity index (χ0) is 37.3. The van der Waals surface area contributed by atoms with Crippen LogP contribution in [0.2, 0.25) is 5.02 Å². The highest BCUT2D eigenvalue weighted by molar-refractivity contribution is 7.84. The maximum atomic E-state index is 13.5. The number of benzene rings is 2. The Kier molecular flexibility index (Phi) is 15.7. The molecule has 0 saturated heterocycles. The van der Waals surface area contributed by atoms with Crippen molar-refractivity contribution < 1.29 is 23.6 Å². The highest BCUT2D eigenvalue weighted by Gasteiger charge is 2.40. The fourth-order valence-corrected chi connectivity index (χ4v) is 8.98. The van der Waals surface area contributed by atoms with Crippen LogP contribution in [0.15, 0.2) is 36.4 Å². The monoisotopic (exact) mass is 745 g/mol. The molecule has 8 atom stereocenters. The number of aliphatic hydroxyl groups is 1. The molecule has 2 bridgehead atoms. The number of fused-ring (bicyclic) bond motifs is 2. The number of halogens is 1. The number of aryl methyl sites for hydroxylation is 1. The minimum Gasteiger partial charge on any atom is -0.491 e. The van der Waals surface area contributed by atoms with Crippen LogP contribution in [0.3, 0.4) is 0 Å². The van der Waals surface area contributed by atoms with E-state index in [1.54, 1.807) is 6.07 Å². The molecule has 2 heterocycles. The fourth-order valence-electron chi connectivity index (χ4n) is 7.74. The summed E-state index contributed by atoms with van der Waals surface area (Å²) < 4.78 is 29.1. The van der Waals surface area contributed by atoms with Crippen LogP contribution >= 0.6 is 11.6 Å². The van der Waals surface area contributed by atoms with Crippen molar-refractivity contribution in [2.75, 3.05) is 58.5 Å². The highest BCUT2D eigenvalue weighted by atomic mass is 35.5. The SMILES string of the molecule is CC.CCCc1cc(Cl)ccc1C1COc2ccc3cc2N(C1)CC1CCC1C(COC[C@](C)(CO)N(C)C)CCCC(C)C(C)S(=O)NC3=O. The molecule has 2 aromatic rings. The summed E-state index contributed by atoms with van der Waals surface area (Å²) in [5.74, 6) is 2.16. The second kappa shape index (κ2) is 19.2. The molecule has 10 heteroatoms. The number of ether oxygens (including phenoxy) is 2. The van der Waals surface area contributed by atoms with Crippen LogP contribution in [0, 0.1) is 23.7 Å². The van der Waals surface area contributed by atoms with Crippen LogP contribution in [0.1, 0.15) is 107 Å². The van der Waals surface area contributed by atoms with E-state index < -0.39 is 16.5 Å². The van der Waals surface area contributed by atoms with Gasteiger partial charge in [-0.1, -0.05) is 58.2 Å². The Morgan fingerprint density at radius 3 is 2.53 bits per heavy atom. The molecule has 51 heavy (non-hydrogen) atoms. The summed E-state index contributed by atoms with van der Waals surface area (Å²) in [5, 5.41) is 10.7. The van der Waals surface area contributed by atoms with Gasteiger partial charge in [0, 0.05) is 36.2 Å². The van der Waals surface area contributed by atoms with Crippen molar-refractivity contribution in [1.29, 1.82) is 0 Å². The first-order valence-corrected chi connectivity index (χ1v) is 20.9. The topological polar surface area (TPSA) is 91.3 Å². The van der Waals surface area contributed by atoms with E-state index >= 15 is 0 Å². The third-order valence-electron chi connectivity index (χ3n) is 11.8. The molecule has 7 unspecified atom stereocenters. The zero-order valence-electron chi connectivity index (χ0n) is 32.4. The van der Waals surface area contributed by atoms with Gasteiger partial charge >= 0.3 is 0 Å². The Balaban J connectivity index is 0.00000286. The van der Waals surface area contributed by atoms with E-state index in [1.165, 1.54) is 17.5 Å². The Hall–Kier alpha value is -2.17. The van der Waals surface area contributed by atoms with Gasteiger partial charge in [0.2, 0.25) is 0 Å². The molecular weight excluding hydrogens is 682 g/mol. The quantitative estimate of drug-likeness (QED) is 0.270. The zero-order valence-corrected chi connectivity index (χ0v) is 34.0. The van der Waals surface area contributed by atoms with Crippen molar-refractivity contribution in [1.82, 2.24) is 9.62 Å². The number of rotatable bonds is 9. The Morgan fingerprint density at radius 1 is 1.10 bits per heavy atom. The average Bonchev–Trinajstić information content (AvgIpc) is 3.29. The molecule has 0 radical (unpaired) electrons. The number of nitrogens with zero attached hydrogens (tertiary/aromatic N) is 2. The predicted molar refractivity (Wildman–Crippen MR) is 211 cm³/mol. The van der Waals surface area contributed by atoms with Crippen LogP contribution in [0.25, 0.3) is 0 Å². The van der Waals surface area contributed by atoms with Gasteiger partial charge in [0.25, 0.3) is 5.91 Å². The van der Waals surface area contributed by atoms with Crippen LogP contribution in [0.4, 0.5) is 5.69 Å². The summed E-state index contributed by atoms with van der Waals surface area (Å²) in [7, 11) is 2.46. The second-order valence-corrected chi connectivity index (χ2v) is 17.3. The average molecular weight is 746 g/mol. The molecular formula is C41H64ClN3O5S. The van der Waals surface area contributed by atoms with Crippen molar-refractivity contribution in [3.63, 3.8) is 0 Å². The van der Waals surface area contributed by atoms with Crippen LogP contribution in [-0.2, 0) is 22.1 Å². The second-order valence-electron chi connectivity index (χ2n) is 15.4. The van der Waals surface area contributed by atoms with E-state index in [4.69, 9.17) is 21.1 Å². The lowest BCUT2D eigenvalue weighted by Gasteiger charge is -2.45. The minimum absolute atomic E-state index is 0.0347. The molecule has 1 aliphatic carbocycles. The van der Waals surface area contributed by atoms with Gasteiger partial charge in [-0.15, -0.1) is 0 Å².